The Morgan fingerprint density at radius 1 is 0.333 bits per heavy atom. The Bertz CT molecular complexity index is 2140. The van der Waals surface area contributed by atoms with Crippen molar-refractivity contribution >= 4 is 43.1 Å². The maximum absolute atomic E-state index is 13.5. The third kappa shape index (κ3) is 4.17. The monoisotopic (exact) mass is 566 g/mol. The van der Waals surface area contributed by atoms with Crippen LogP contribution in [0.15, 0.2) is 121 Å². The first-order valence-corrected chi connectivity index (χ1v) is 13.3. The van der Waals surface area contributed by atoms with Crippen LogP contribution in [0, 0.1) is 0 Å². The molecule has 0 heterocycles. The summed E-state index contributed by atoms with van der Waals surface area (Å²) in [6.45, 7) is 0. The smallest absolute Gasteiger partial charge is 0.166 e. The average Bonchev–Trinajstić information content (AvgIpc) is 2.98. The summed E-state index contributed by atoms with van der Waals surface area (Å²) in [5, 5.41) is 7.16. The van der Waals surface area contributed by atoms with Gasteiger partial charge in [0.2, 0.25) is 0 Å². The van der Waals surface area contributed by atoms with E-state index < -0.39 is 23.5 Å². The molecule has 0 spiro atoms. The van der Waals surface area contributed by atoms with Crippen LogP contribution in [0.3, 0.4) is 0 Å². The van der Waals surface area contributed by atoms with Gasteiger partial charge in [-0.2, -0.15) is 26.3 Å². The van der Waals surface area contributed by atoms with E-state index in [0.29, 0.717) is 11.1 Å². The van der Waals surface area contributed by atoms with Gasteiger partial charge in [-0.1, -0.05) is 97.1 Å². The number of fused-ring (bicyclic) bond motifs is 6. The summed E-state index contributed by atoms with van der Waals surface area (Å²) in [7, 11) is 0. The van der Waals surface area contributed by atoms with Gasteiger partial charge in [0.1, 0.15) is 0 Å². The SMILES string of the molecule is FC(F)(F)c1ccc(-c2c3ccccc3c(-c3ccc(C(F)(F)F)cc3)c3c2ccc2c4ccccc4ccc23)cc1. The number of hydrogen-bond donors (Lipinski definition) is 0. The van der Waals surface area contributed by atoms with E-state index >= 15 is 0 Å². The lowest BCUT2D eigenvalue weighted by atomic mass is 9.83. The second kappa shape index (κ2) is 9.35. The number of rotatable bonds is 2. The molecule has 0 radical (unpaired) electrons. The molecule has 0 saturated heterocycles. The molecule has 7 aromatic rings. The molecule has 7 rings (SSSR count). The molecule has 0 nitrogen and oxygen atoms in total. The van der Waals surface area contributed by atoms with Gasteiger partial charge < -0.3 is 0 Å². The lowest BCUT2D eigenvalue weighted by Gasteiger charge is -2.20. The first-order valence-electron chi connectivity index (χ1n) is 13.3. The Balaban J connectivity index is 1.65. The number of hydrogen-bond acceptors (Lipinski definition) is 0. The van der Waals surface area contributed by atoms with Crippen LogP contribution in [0.25, 0.3) is 65.3 Å². The topological polar surface area (TPSA) is 0 Å². The minimum absolute atomic E-state index is 0.614. The van der Waals surface area contributed by atoms with Crippen molar-refractivity contribution in [3.63, 3.8) is 0 Å². The summed E-state index contributed by atoms with van der Waals surface area (Å²) in [4.78, 5) is 0. The van der Waals surface area contributed by atoms with E-state index in [2.05, 4.69) is 0 Å². The predicted octanol–water partition coefficient (Wildman–Crippen LogP) is 11.7. The standard InChI is InChI=1S/C36H20F6/c37-35(38,39)24-14-9-22(10-15-24)32-28-7-3-4-8-29(28)33(23-11-16-25(17-12-23)36(40,41)42)34-30-18-13-21-5-1-2-6-26(21)27(30)19-20-31(32)34/h1-20H. The summed E-state index contributed by atoms with van der Waals surface area (Å²) in [5.74, 6) is 0. The molecule has 0 unspecified atom stereocenters. The molecule has 6 heteroatoms. The van der Waals surface area contributed by atoms with Crippen LogP contribution in [0.1, 0.15) is 11.1 Å². The van der Waals surface area contributed by atoms with Crippen LogP contribution in [-0.4, -0.2) is 0 Å². The Kier molecular flexibility index (Phi) is 5.80. The van der Waals surface area contributed by atoms with Gasteiger partial charge >= 0.3 is 12.4 Å². The normalized spacial score (nSPS) is 12.5. The zero-order chi connectivity index (χ0) is 29.2. The first kappa shape index (κ1) is 26.1. The molecule has 7 aromatic carbocycles. The highest BCUT2D eigenvalue weighted by Crippen LogP contribution is 2.47. The van der Waals surface area contributed by atoms with Crippen LogP contribution in [-0.2, 0) is 12.4 Å². The largest absolute Gasteiger partial charge is 0.416 e. The molecule has 0 fully saturated rings. The number of halogens is 6. The highest BCUT2D eigenvalue weighted by Gasteiger charge is 2.31. The van der Waals surface area contributed by atoms with E-state index in [4.69, 9.17) is 0 Å². The van der Waals surface area contributed by atoms with Crippen molar-refractivity contribution in [2.24, 2.45) is 0 Å². The Hall–Kier alpha value is -4.84. The molecule has 0 atom stereocenters. The fourth-order valence-corrected chi connectivity index (χ4v) is 6.03. The molecule has 0 saturated carbocycles. The highest BCUT2D eigenvalue weighted by atomic mass is 19.4. The summed E-state index contributed by atoms with van der Waals surface area (Å²) >= 11 is 0. The van der Waals surface area contributed by atoms with E-state index in [1.54, 1.807) is 0 Å². The number of alkyl halides is 6. The van der Waals surface area contributed by atoms with E-state index in [0.717, 1.165) is 78.5 Å². The summed E-state index contributed by atoms with van der Waals surface area (Å²) in [6, 6.07) is 33.8. The molecule has 0 aliphatic heterocycles. The van der Waals surface area contributed by atoms with Gasteiger partial charge in [0.15, 0.2) is 0 Å². The molecule has 0 amide bonds. The van der Waals surface area contributed by atoms with Gasteiger partial charge in [-0.05, 0) is 89.6 Å². The van der Waals surface area contributed by atoms with Crippen molar-refractivity contribution in [2.45, 2.75) is 12.4 Å². The molecular weight excluding hydrogens is 546 g/mol. The quantitative estimate of drug-likeness (QED) is 0.111. The van der Waals surface area contributed by atoms with Crippen molar-refractivity contribution in [1.82, 2.24) is 0 Å². The summed E-state index contributed by atoms with van der Waals surface area (Å²) < 4.78 is 80.6. The molecule has 0 aliphatic carbocycles. The van der Waals surface area contributed by atoms with Gasteiger partial charge in [0.05, 0.1) is 11.1 Å². The zero-order valence-corrected chi connectivity index (χ0v) is 21.8. The van der Waals surface area contributed by atoms with Gasteiger partial charge in [-0.25, -0.2) is 0 Å². The maximum Gasteiger partial charge on any atom is 0.416 e. The maximum atomic E-state index is 13.5. The average molecular weight is 567 g/mol. The molecule has 42 heavy (non-hydrogen) atoms. The second-order valence-corrected chi connectivity index (χ2v) is 10.3. The molecule has 0 bridgehead atoms. The van der Waals surface area contributed by atoms with Gasteiger partial charge in [-0.15, -0.1) is 0 Å². The molecule has 0 N–H and O–H groups in total. The molecule has 206 valence electrons. The molecule has 0 aliphatic rings. The third-order valence-electron chi connectivity index (χ3n) is 7.91. The zero-order valence-electron chi connectivity index (χ0n) is 21.8. The van der Waals surface area contributed by atoms with Crippen molar-refractivity contribution in [3.05, 3.63) is 132 Å². The van der Waals surface area contributed by atoms with E-state index in [1.165, 1.54) is 24.3 Å². The van der Waals surface area contributed by atoms with Crippen LogP contribution in [0.5, 0.6) is 0 Å². The fourth-order valence-electron chi connectivity index (χ4n) is 6.03. The van der Waals surface area contributed by atoms with Gasteiger partial charge in [0.25, 0.3) is 0 Å². The van der Waals surface area contributed by atoms with E-state index in [1.807, 2.05) is 72.8 Å². The second-order valence-electron chi connectivity index (χ2n) is 10.3. The van der Waals surface area contributed by atoms with Gasteiger partial charge in [-0.3, -0.25) is 0 Å². The van der Waals surface area contributed by atoms with Crippen LogP contribution in [0.2, 0.25) is 0 Å². The van der Waals surface area contributed by atoms with Crippen molar-refractivity contribution in [2.75, 3.05) is 0 Å². The predicted molar refractivity (Wildman–Crippen MR) is 157 cm³/mol. The minimum Gasteiger partial charge on any atom is -0.166 e. The lowest BCUT2D eigenvalue weighted by Crippen LogP contribution is -2.04. The number of benzene rings is 7. The minimum atomic E-state index is -4.47. The highest BCUT2D eigenvalue weighted by molar-refractivity contribution is 6.30. The Labute approximate surface area is 236 Å². The molecule has 0 aromatic heterocycles. The first-order chi connectivity index (χ1) is 20.1. The van der Waals surface area contributed by atoms with Gasteiger partial charge in [0, 0.05) is 0 Å². The fraction of sp³-hybridized carbons (Fsp3) is 0.0556. The Morgan fingerprint density at radius 3 is 1.36 bits per heavy atom. The third-order valence-corrected chi connectivity index (χ3v) is 7.91. The van der Waals surface area contributed by atoms with Crippen molar-refractivity contribution in [1.29, 1.82) is 0 Å². The van der Waals surface area contributed by atoms with Crippen LogP contribution in [0.4, 0.5) is 26.3 Å². The summed E-state index contributed by atoms with van der Waals surface area (Å²) in [6.07, 6.45) is -8.94. The Morgan fingerprint density at radius 2 is 0.786 bits per heavy atom. The van der Waals surface area contributed by atoms with Crippen LogP contribution >= 0.6 is 0 Å². The molecular formula is C36H20F6. The summed E-state index contributed by atoms with van der Waals surface area (Å²) in [5.41, 5.74) is 1.29. The van der Waals surface area contributed by atoms with E-state index in [-0.39, 0.29) is 0 Å². The lowest BCUT2D eigenvalue weighted by molar-refractivity contribution is -0.138. The van der Waals surface area contributed by atoms with Crippen LogP contribution < -0.4 is 0 Å². The van der Waals surface area contributed by atoms with E-state index in [9.17, 15) is 26.3 Å². The van der Waals surface area contributed by atoms with Crippen molar-refractivity contribution in [3.8, 4) is 22.3 Å². The van der Waals surface area contributed by atoms with Crippen molar-refractivity contribution < 1.29 is 26.3 Å².